The van der Waals surface area contributed by atoms with Crippen LogP contribution >= 0.6 is 11.8 Å². The summed E-state index contributed by atoms with van der Waals surface area (Å²) < 4.78 is 0. The molecule has 0 fully saturated rings. The Morgan fingerprint density at radius 3 is 3.30 bits per heavy atom. The number of hydrogen-bond donors (Lipinski definition) is 0. The predicted molar refractivity (Wildman–Crippen MR) is 45.1 cm³/mol. The maximum atomic E-state index is 3.11. The smallest absolute Gasteiger partial charge is 0.0187 e. The molecule has 0 aliphatic carbocycles. The highest BCUT2D eigenvalue weighted by molar-refractivity contribution is 7.98. The van der Waals surface area contributed by atoms with E-state index >= 15 is 0 Å². The Hall–Kier alpha value is -0.430. The Balaban J connectivity index is 2.41. The minimum absolute atomic E-state index is 1.20. The van der Waals surface area contributed by atoms with Gasteiger partial charge in [-0.05, 0) is 29.4 Å². The largest absolute Gasteiger partial charge is 0.157 e. The summed E-state index contributed by atoms with van der Waals surface area (Å²) >= 11 is 2.02. The molecule has 0 bridgehead atoms. The zero-order valence-electron chi connectivity index (χ0n) is 5.76. The molecule has 0 saturated heterocycles. The molecule has 0 nitrogen and oxygen atoms in total. The number of fused-ring (bicyclic) bond motifs is 1. The summed E-state index contributed by atoms with van der Waals surface area (Å²) in [7, 11) is 0. The first-order valence-corrected chi connectivity index (χ1v) is 4.68. The van der Waals surface area contributed by atoms with Gasteiger partial charge in [-0.25, -0.2) is 0 Å². The first-order valence-electron chi connectivity index (χ1n) is 3.52. The van der Waals surface area contributed by atoms with Crippen molar-refractivity contribution in [2.75, 3.05) is 5.75 Å². The fourth-order valence-electron chi connectivity index (χ4n) is 1.23. The van der Waals surface area contributed by atoms with Crippen LogP contribution in [-0.2, 0) is 12.2 Å². The van der Waals surface area contributed by atoms with Crippen molar-refractivity contribution < 1.29 is 0 Å². The van der Waals surface area contributed by atoms with E-state index in [0.717, 1.165) is 0 Å². The van der Waals surface area contributed by atoms with Crippen LogP contribution in [-0.4, -0.2) is 5.75 Å². The monoisotopic (exact) mass is 149 g/mol. The fourth-order valence-corrected chi connectivity index (χ4v) is 2.25. The molecule has 1 radical (unpaired) electrons. The van der Waals surface area contributed by atoms with Gasteiger partial charge in [0, 0.05) is 5.75 Å². The molecule has 0 atom stereocenters. The third kappa shape index (κ3) is 1.06. The van der Waals surface area contributed by atoms with Crippen LogP contribution in [0.3, 0.4) is 0 Å². The van der Waals surface area contributed by atoms with E-state index in [-0.39, 0.29) is 0 Å². The van der Waals surface area contributed by atoms with Gasteiger partial charge >= 0.3 is 0 Å². The average Bonchev–Trinajstić information content (AvgIpc) is 2.05. The molecular weight excluding hydrogens is 140 g/mol. The van der Waals surface area contributed by atoms with Crippen LogP contribution < -0.4 is 0 Å². The number of rotatable bonds is 0. The lowest BCUT2D eigenvalue weighted by Crippen LogP contribution is -2.00. The summed E-state index contributed by atoms with van der Waals surface area (Å²) in [5.74, 6) is 2.48. The Labute approximate surface area is 65.6 Å². The maximum Gasteiger partial charge on any atom is 0.0187 e. The molecule has 0 saturated carbocycles. The van der Waals surface area contributed by atoms with E-state index in [2.05, 4.69) is 18.2 Å². The lowest BCUT2D eigenvalue weighted by atomic mass is 10.1. The zero-order valence-corrected chi connectivity index (χ0v) is 6.58. The fraction of sp³-hybridized carbons (Fsp3) is 0.333. The second kappa shape index (κ2) is 2.67. The molecule has 1 aromatic carbocycles. The lowest BCUT2D eigenvalue weighted by Gasteiger charge is -2.13. The van der Waals surface area contributed by atoms with Gasteiger partial charge in [0.1, 0.15) is 0 Å². The van der Waals surface area contributed by atoms with Crippen LogP contribution in [0.1, 0.15) is 11.1 Å². The quantitative estimate of drug-likeness (QED) is 0.545. The summed E-state index contributed by atoms with van der Waals surface area (Å²) in [6.07, 6.45) is 1.23. The Morgan fingerprint density at radius 1 is 1.40 bits per heavy atom. The molecule has 1 aliphatic heterocycles. The lowest BCUT2D eigenvalue weighted by molar-refractivity contribution is 1.08. The number of aryl methyl sites for hydroxylation is 1. The standard InChI is InChI=1S/C9H9S/c1-2-4-9-7-10-6-5-8(9)3-1/h2-4H,5-7H2. The highest BCUT2D eigenvalue weighted by Crippen LogP contribution is 2.23. The SMILES string of the molecule is [c]1ccc2c(c1)CCSC2. The van der Waals surface area contributed by atoms with Crippen molar-refractivity contribution in [2.45, 2.75) is 12.2 Å². The third-order valence-corrected chi connectivity index (χ3v) is 2.83. The van der Waals surface area contributed by atoms with Gasteiger partial charge in [0.25, 0.3) is 0 Å². The van der Waals surface area contributed by atoms with Crippen molar-refractivity contribution in [3.63, 3.8) is 0 Å². The third-order valence-electron chi connectivity index (χ3n) is 1.82. The van der Waals surface area contributed by atoms with Gasteiger partial charge in [-0.2, -0.15) is 11.8 Å². The van der Waals surface area contributed by atoms with Gasteiger partial charge in [-0.3, -0.25) is 0 Å². The molecule has 1 aliphatic rings. The van der Waals surface area contributed by atoms with Crippen LogP contribution in [0.4, 0.5) is 0 Å². The topological polar surface area (TPSA) is 0 Å². The number of benzene rings is 1. The van der Waals surface area contributed by atoms with Gasteiger partial charge in [0.2, 0.25) is 0 Å². The summed E-state index contributed by atoms with van der Waals surface area (Å²) in [5.41, 5.74) is 3.01. The summed E-state index contributed by atoms with van der Waals surface area (Å²) in [4.78, 5) is 0. The molecule has 0 N–H and O–H groups in total. The van der Waals surface area contributed by atoms with Gasteiger partial charge in [0.05, 0.1) is 0 Å². The highest BCUT2D eigenvalue weighted by atomic mass is 32.2. The van der Waals surface area contributed by atoms with Gasteiger partial charge in [-0.1, -0.05) is 18.2 Å². The Kier molecular flexibility index (Phi) is 1.68. The Morgan fingerprint density at radius 2 is 2.40 bits per heavy atom. The van der Waals surface area contributed by atoms with Crippen molar-refractivity contribution in [1.29, 1.82) is 0 Å². The zero-order chi connectivity index (χ0) is 6.81. The Bertz CT molecular complexity index is 205. The van der Waals surface area contributed by atoms with Crippen molar-refractivity contribution in [3.05, 3.63) is 35.4 Å². The molecule has 1 heteroatoms. The number of hydrogen-bond acceptors (Lipinski definition) is 1. The van der Waals surface area contributed by atoms with Crippen molar-refractivity contribution >= 4 is 11.8 Å². The molecule has 0 aromatic heterocycles. The number of thioether (sulfide) groups is 1. The van der Waals surface area contributed by atoms with Crippen LogP contribution in [0.2, 0.25) is 0 Å². The molecule has 1 heterocycles. The minimum atomic E-state index is 1.20. The van der Waals surface area contributed by atoms with E-state index in [1.54, 1.807) is 0 Å². The summed E-state index contributed by atoms with van der Waals surface area (Å²) in [6.45, 7) is 0. The van der Waals surface area contributed by atoms with E-state index in [0.29, 0.717) is 0 Å². The predicted octanol–water partition coefficient (Wildman–Crippen LogP) is 2.28. The van der Waals surface area contributed by atoms with Gasteiger partial charge < -0.3 is 0 Å². The molecule has 51 valence electrons. The van der Waals surface area contributed by atoms with E-state index in [4.69, 9.17) is 0 Å². The van der Waals surface area contributed by atoms with Gasteiger partial charge in [-0.15, -0.1) is 0 Å². The van der Waals surface area contributed by atoms with Crippen molar-refractivity contribution in [2.24, 2.45) is 0 Å². The van der Waals surface area contributed by atoms with Crippen molar-refractivity contribution in [3.8, 4) is 0 Å². The molecular formula is C9H9S. The van der Waals surface area contributed by atoms with Crippen LogP contribution in [0.15, 0.2) is 18.2 Å². The van der Waals surface area contributed by atoms with E-state index in [1.807, 2.05) is 17.8 Å². The average molecular weight is 149 g/mol. The van der Waals surface area contributed by atoms with Crippen LogP contribution in [0, 0.1) is 6.07 Å². The summed E-state index contributed by atoms with van der Waals surface area (Å²) in [5, 5.41) is 0. The summed E-state index contributed by atoms with van der Waals surface area (Å²) in [6, 6.07) is 9.42. The van der Waals surface area contributed by atoms with Crippen LogP contribution in [0.25, 0.3) is 0 Å². The van der Waals surface area contributed by atoms with E-state index in [9.17, 15) is 0 Å². The second-order valence-corrected chi connectivity index (χ2v) is 3.60. The van der Waals surface area contributed by atoms with Gasteiger partial charge in [0.15, 0.2) is 0 Å². The molecule has 1 aromatic rings. The first-order chi connectivity index (χ1) is 4.97. The maximum absolute atomic E-state index is 3.11. The molecule has 2 rings (SSSR count). The van der Waals surface area contributed by atoms with E-state index in [1.165, 1.54) is 29.1 Å². The van der Waals surface area contributed by atoms with Crippen LogP contribution in [0.5, 0.6) is 0 Å². The van der Waals surface area contributed by atoms with E-state index < -0.39 is 0 Å². The molecule has 0 unspecified atom stereocenters. The van der Waals surface area contributed by atoms with Crippen molar-refractivity contribution in [1.82, 2.24) is 0 Å². The first kappa shape index (κ1) is 6.29. The highest BCUT2D eigenvalue weighted by Gasteiger charge is 2.06. The molecule has 0 amide bonds. The molecule has 0 spiro atoms. The normalized spacial score (nSPS) is 16.4. The minimum Gasteiger partial charge on any atom is -0.157 e. The molecule has 10 heavy (non-hydrogen) atoms. The second-order valence-electron chi connectivity index (χ2n) is 2.50.